The van der Waals surface area contributed by atoms with Gasteiger partial charge in [0.15, 0.2) is 0 Å². The number of aromatic nitrogens is 4. The number of carbonyl (C=O) groups is 2. The van der Waals surface area contributed by atoms with Crippen LogP contribution in [0.3, 0.4) is 0 Å². The molecule has 0 unspecified atom stereocenters. The van der Waals surface area contributed by atoms with Crippen molar-refractivity contribution in [3.05, 3.63) is 108 Å². The first-order valence-electron chi connectivity index (χ1n) is 13.9. The molecule has 2 amide bonds. The van der Waals surface area contributed by atoms with E-state index in [-0.39, 0.29) is 23.5 Å². The Morgan fingerprint density at radius 1 is 0.976 bits per heavy atom. The molecule has 206 valence electrons. The molecule has 41 heavy (non-hydrogen) atoms. The van der Waals surface area contributed by atoms with E-state index in [4.69, 9.17) is 0 Å². The summed E-state index contributed by atoms with van der Waals surface area (Å²) in [7, 11) is 1.85. The van der Waals surface area contributed by atoms with Gasteiger partial charge in [0.1, 0.15) is 5.82 Å². The minimum Gasteiger partial charge on any atom is -0.350 e. The summed E-state index contributed by atoms with van der Waals surface area (Å²) in [4.78, 5) is 29.3. The molecular formula is C32H29FN6O2. The van der Waals surface area contributed by atoms with Gasteiger partial charge in [0.2, 0.25) is 11.8 Å². The number of fused-ring (bicyclic) bond motifs is 1. The number of anilines is 1. The van der Waals surface area contributed by atoms with Crippen LogP contribution in [0.2, 0.25) is 0 Å². The van der Waals surface area contributed by atoms with Crippen molar-refractivity contribution < 1.29 is 14.0 Å². The summed E-state index contributed by atoms with van der Waals surface area (Å²) in [5.41, 5.74) is 4.22. The molecule has 3 aromatic carbocycles. The molecule has 0 spiro atoms. The Morgan fingerprint density at radius 2 is 1.73 bits per heavy atom. The van der Waals surface area contributed by atoms with Crippen LogP contribution >= 0.6 is 0 Å². The number of halogens is 1. The van der Waals surface area contributed by atoms with Gasteiger partial charge < -0.3 is 10.2 Å². The van der Waals surface area contributed by atoms with Gasteiger partial charge in [0.05, 0.1) is 41.6 Å². The first kappa shape index (κ1) is 25.2. The summed E-state index contributed by atoms with van der Waals surface area (Å²) in [5, 5.41) is 13.0. The van der Waals surface area contributed by atoms with Crippen LogP contribution in [0.15, 0.2) is 91.4 Å². The maximum atomic E-state index is 14.4. The number of amides is 2. The molecule has 0 bridgehead atoms. The Kier molecular flexibility index (Phi) is 6.14. The van der Waals surface area contributed by atoms with E-state index in [0.717, 1.165) is 46.2 Å². The zero-order chi connectivity index (χ0) is 28.1. The topological polar surface area (TPSA) is 85.0 Å². The highest BCUT2D eigenvalue weighted by atomic mass is 19.1. The van der Waals surface area contributed by atoms with Crippen molar-refractivity contribution in [2.24, 2.45) is 18.9 Å². The maximum Gasteiger partial charge on any atom is 0.233 e. The van der Waals surface area contributed by atoms with E-state index in [9.17, 15) is 14.0 Å². The van der Waals surface area contributed by atoms with Gasteiger partial charge in [-0.1, -0.05) is 30.3 Å². The van der Waals surface area contributed by atoms with Crippen molar-refractivity contribution in [2.45, 2.75) is 31.3 Å². The van der Waals surface area contributed by atoms with Crippen molar-refractivity contribution in [3.63, 3.8) is 0 Å². The number of rotatable bonds is 7. The standard InChI is InChI=1S/C32H29FN6O2/c1-37-19-20(17-34-37)15-27-29(36-31(40)22-7-8-22)30(21-5-3-2-4-6-21)38(32(27)41)26-13-14-28-23(16-26)18-35-39(28)25-11-9-24(33)10-12-25/h2-6,9-14,16-19,22,27,29-30H,7-8,15H2,1H3,(H,36,40)/t27-,29+,30-/m1/s1. The first-order valence-corrected chi connectivity index (χ1v) is 13.9. The maximum absolute atomic E-state index is 14.4. The number of carbonyl (C=O) groups excluding carboxylic acids is 2. The molecule has 5 aromatic rings. The number of hydrogen-bond donors (Lipinski definition) is 1. The fraction of sp³-hybridized carbons (Fsp3) is 0.250. The zero-order valence-electron chi connectivity index (χ0n) is 22.5. The molecule has 0 radical (unpaired) electrons. The molecule has 1 aliphatic carbocycles. The highest BCUT2D eigenvalue weighted by Crippen LogP contribution is 2.43. The third kappa shape index (κ3) is 4.67. The van der Waals surface area contributed by atoms with E-state index in [2.05, 4.69) is 15.5 Å². The quantitative estimate of drug-likeness (QED) is 0.319. The molecule has 1 saturated heterocycles. The Bertz CT molecular complexity index is 1740. The Balaban J connectivity index is 1.31. The lowest BCUT2D eigenvalue weighted by molar-refractivity contribution is -0.124. The summed E-state index contributed by atoms with van der Waals surface area (Å²) in [6.45, 7) is 0. The molecule has 3 atom stereocenters. The van der Waals surface area contributed by atoms with Crippen LogP contribution in [-0.4, -0.2) is 37.4 Å². The Labute approximate surface area is 236 Å². The fourth-order valence-corrected chi connectivity index (χ4v) is 5.96. The van der Waals surface area contributed by atoms with Gasteiger partial charge in [-0.25, -0.2) is 9.07 Å². The minimum atomic E-state index is -0.468. The van der Waals surface area contributed by atoms with Crippen LogP contribution in [0.4, 0.5) is 10.1 Å². The van der Waals surface area contributed by atoms with Crippen molar-refractivity contribution in [1.29, 1.82) is 0 Å². The number of benzene rings is 3. The highest BCUT2D eigenvalue weighted by molar-refractivity contribution is 6.02. The second kappa shape index (κ2) is 9.99. The average molecular weight is 549 g/mol. The molecule has 1 N–H and O–H groups in total. The predicted molar refractivity (Wildman–Crippen MR) is 153 cm³/mol. The van der Waals surface area contributed by atoms with Crippen LogP contribution in [0.25, 0.3) is 16.6 Å². The SMILES string of the molecule is Cn1cc(C[C@H]2C(=O)N(c3ccc4c(cnn4-c4ccc(F)cc4)c3)[C@H](c3ccccc3)[C@H]2NC(=O)C2CC2)cn1. The van der Waals surface area contributed by atoms with Crippen LogP contribution in [-0.2, 0) is 23.1 Å². The van der Waals surface area contributed by atoms with Gasteiger partial charge in [0, 0.05) is 30.2 Å². The van der Waals surface area contributed by atoms with E-state index >= 15 is 0 Å². The monoisotopic (exact) mass is 548 g/mol. The normalized spacial score (nSPS) is 20.6. The average Bonchev–Trinajstić information content (AvgIpc) is 3.55. The minimum absolute atomic E-state index is 0.0118. The molecule has 9 heteroatoms. The molecule has 1 aliphatic heterocycles. The lowest BCUT2D eigenvalue weighted by Gasteiger charge is -2.29. The second-order valence-electron chi connectivity index (χ2n) is 11.0. The smallest absolute Gasteiger partial charge is 0.233 e. The lowest BCUT2D eigenvalue weighted by atomic mass is 9.89. The number of aryl methyl sites for hydroxylation is 1. The zero-order valence-corrected chi connectivity index (χ0v) is 22.5. The molecular weight excluding hydrogens is 519 g/mol. The number of nitrogens with zero attached hydrogens (tertiary/aromatic N) is 5. The molecule has 7 rings (SSSR count). The molecule has 1 saturated carbocycles. The van der Waals surface area contributed by atoms with Crippen molar-refractivity contribution >= 4 is 28.4 Å². The van der Waals surface area contributed by atoms with Crippen LogP contribution < -0.4 is 10.2 Å². The van der Waals surface area contributed by atoms with Gasteiger partial charge in [0.25, 0.3) is 0 Å². The van der Waals surface area contributed by atoms with Gasteiger partial charge in [-0.3, -0.25) is 14.3 Å². The second-order valence-corrected chi connectivity index (χ2v) is 11.0. The molecule has 3 heterocycles. The van der Waals surface area contributed by atoms with E-state index in [1.807, 2.05) is 66.7 Å². The molecule has 8 nitrogen and oxygen atoms in total. The van der Waals surface area contributed by atoms with Gasteiger partial charge in [-0.2, -0.15) is 10.2 Å². The van der Waals surface area contributed by atoms with E-state index in [1.165, 1.54) is 12.1 Å². The Morgan fingerprint density at radius 3 is 2.44 bits per heavy atom. The number of nitrogens with one attached hydrogen (secondary N) is 1. The van der Waals surface area contributed by atoms with Gasteiger partial charge in [-0.05, 0) is 72.9 Å². The van der Waals surface area contributed by atoms with Crippen LogP contribution in [0, 0.1) is 17.7 Å². The summed E-state index contributed by atoms with van der Waals surface area (Å²) in [5.74, 6) is -0.795. The van der Waals surface area contributed by atoms with Gasteiger partial charge in [-0.15, -0.1) is 0 Å². The fourth-order valence-electron chi connectivity index (χ4n) is 5.96. The van der Waals surface area contributed by atoms with Gasteiger partial charge >= 0.3 is 0 Å². The van der Waals surface area contributed by atoms with E-state index in [0.29, 0.717) is 6.42 Å². The summed E-state index contributed by atoms with van der Waals surface area (Å²) in [6.07, 6.45) is 7.68. The van der Waals surface area contributed by atoms with E-state index in [1.54, 1.807) is 33.9 Å². The lowest BCUT2D eigenvalue weighted by Crippen LogP contribution is -2.43. The number of hydrogen-bond acceptors (Lipinski definition) is 4. The summed E-state index contributed by atoms with van der Waals surface area (Å²) >= 11 is 0. The molecule has 2 fully saturated rings. The van der Waals surface area contributed by atoms with Crippen molar-refractivity contribution in [1.82, 2.24) is 24.9 Å². The van der Waals surface area contributed by atoms with Crippen LogP contribution in [0.5, 0.6) is 0 Å². The predicted octanol–water partition coefficient (Wildman–Crippen LogP) is 4.74. The molecule has 2 aromatic heterocycles. The first-order chi connectivity index (χ1) is 20.0. The van der Waals surface area contributed by atoms with Crippen molar-refractivity contribution in [3.8, 4) is 5.69 Å². The summed E-state index contributed by atoms with van der Waals surface area (Å²) in [6, 6.07) is 21.1. The largest absolute Gasteiger partial charge is 0.350 e. The highest BCUT2D eigenvalue weighted by Gasteiger charge is 2.50. The van der Waals surface area contributed by atoms with Crippen LogP contribution in [0.1, 0.15) is 30.0 Å². The third-order valence-electron chi connectivity index (χ3n) is 8.12. The molecule has 2 aliphatic rings. The Hall–Kier alpha value is -4.79. The van der Waals surface area contributed by atoms with Crippen molar-refractivity contribution in [2.75, 3.05) is 4.90 Å². The van der Waals surface area contributed by atoms with E-state index < -0.39 is 18.0 Å². The summed E-state index contributed by atoms with van der Waals surface area (Å²) < 4.78 is 17.0. The third-order valence-corrected chi connectivity index (χ3v) is 8.12.